The van der Waals surface area contributed by atoms with E-state index in [0.717, 1.165) is 34.8 Å². The average molecular weight is 483 g/mol. The number of rotatable bonds is 6. The molecular weight excluding hydrogens is 444 g/mol. The minimum absolute atomic E-state index is 0.166. The second-order valence-corrected chi connectivity index (χ2v) is 11.7. The summed E-state index contributed by atoms with van der Waals surface area (Å²) in [6, 6.07) is 10.4. The Kier molecular flexibility index (Phi) is 6.84. The van der Waals surface area contributed by atoms with Crippen LogP contribution in [-0.2, 0) is 9.47 Å². The van der Waals surface area contributed by atoms with Gasteiger partial charge < -0.3 is 14.8 Å². The van der Waals surface area contributed by atoms with E-state index in [1.54, 1.807) is 41.5 Å². The number of imide groups is 1. The van der Waals surface area contributed by atoms with Crippen molar-refractivity contribution in [1.82, 2.24) is 14.7 Å². The summed E-state index contributed by atoms with van der Waals surface area (Å²) in [6.45, 7) is 11.0. The molecule has 2 aromatic rings. The molecule has 1 aromatic carbocycles. The Hall–Kier alpha value is -3.03. The van der Waals surface area contributed by atoms with Crippen LogP contribution in [0.2, 0.25) is 0 Å². The summed E-state index contributed by atoms with van der Waals surface area (Å²) in [7, 11) is 0. The number of carbonyl (C=O) groups excluding carboxylic acids is 2. The number of hydrogen-bond acceptors (Lipinski definition) is 6. The molecule has 2 fully saturated rings. The minimum Gasteiger partial charge on any atom is -0.443 e. The monoisotopic (exact) mass is 482 g/mol. The highest BCUT2D eigenvalue weighted by Gasteiger charge is 2.39. The van der Waals surface area contributed by atoms with Crippen LogP contribution in [-0.4, -0.2) is 44.6 Å². The van der Waals surface area contributed by atoms with Crippen LogP contribution in [0.5, 0.6) is 0 Å². The van der Waals surface area contributed by atoms with Gasteiger partial charge in [0.1, 0.15) is 11.2 Å². The fourth-order valence-corrected chi connectivity index (χ4v) is 4.21. The van der Waals surface area contributed by atoms with Gasteiger partial charge in [-0.15, -0.1) is 0 Å². The van der Waals surface area contributed by atoms with Crippen LogP contribution >= 0.6 is 0 Å². The molecule has 190 valence electrons. The third-order valence-corrected chi connectivity index (χ3v) is 6.03. The van der Waals surface area contributed by atoms with E-state index < -0.39 is 23.4 Å². The third kappa shape index (κ3) is 6.77. The molecule has 0 unspecified atom stereocenters. The molecule has 8 heteroatoms. The summed E-state index contributed by atoms with van der Waals surface area (Å²) in [5, 5.41) is 8.45. The Balaban J connectivity index is 1.41. The summed E-state index contributed by atoms with van der Waals surface area (Å²) < 4.78 is 13.0. The highest BCUT2D eigenvalue weighted by molar-refractivity contribution is 5.88. The zero-order valence-electron chi connectivity index (χ0n) is 21.7. The molecule has 0 bridgehead atoms. The van der Waals surface area contributed by atoms with Crippen molar-refractivity contribution in [2.75, 3.05) is 11.9 Å². The van der Waals surface area contributed by atoms with Crippen molar-refractivity contribution in [3.05, 3.63) is 42.2 Å². The van der Waals surface area contributed by atoms with Gasteiger partial charge >= 0.3 is 12.2 Å². The summed E-state index contributed by atoms with van der Waals surface area (Å²) in [5.41, 5.74) is 1.84. The summed E-state index contributed by atoms with van der Waals surface area (Å²) in [6.07, 6.45) is 4.78. The van der Waals surface area contributed by atoms with E-state index in [2.05, 4.69) is 28.3 Å². The third-order valence-electron chi connectivity index (χ3n) is 6.03. The number of benzene rings is 1. The molecule has 2 aliphatic rings. The first-order valence-electron chi connectivity index (χ1n) is 12.5. The summed E-state index contributed by atoms with van der Waals surface area (Å²) >= 11 is 0. The Labute approximate surface area is 208 Å². The van der Waals surface area contributed by atoms with Crippen LogP contribution in [0.15, 0.2) is 36.5 Å². The van der Waals surface area contributed by atoms with Gasteiger partial charge in [0.15, 0.2) is 0 Å². The minimum atomic E-state index is -0.698. The standard InChI is InChI=1S/C27H38N4O4/c1-26(2,3)34-24(32)30(25(33)35-27(4,5)6)16-18-14-21(15-18)31-17-22(23(29-31)19-12-13-19)28-20-10-8-7-9-11-20/h7-11,17-19,21,28H,12-16H2,1-6H3/t18-,21-. The summed E-state index contributed by atoms with van der Waals surface area (Å²) in [4.78, 5) is 26.7. The molecule has 2 aliphatic carbocycles. The van der Waals surface area contributed by atoms with Crippen molar-refractivity contribution >= 4 is 23.6 Å². The number of hydrogen-bond donors (Lipinski definition) is 1. The number of para-hydroxylation sites is 1. The number of nitrogens with zero attached hydrogens (tertiary/aromatic N) is 3. The number of anilines is 2. The molecule has 8 nitrogen and oxygen atoms in total. The topological polar surface area (TPSA) is 85.7 Å². The molecule has 2 amide bonds. The molecule has 0 radical (unpaired) electrons. The van der Waals surface area contributed by atoms with Gasteiger partial charge in [0.05, 0.1) is 17.4 Å². The van der Waals surface area contributed by atoms with Gasteiger partial charge in [-0.1, -0.05) is 18.2 Å². The molecule has 0 saturated heterocycles. The second kappa shape index (κ2) is 9.55. The molecular formula is C27H38N4O4. The molecule has 0 atom stereocenters. The molecule has 0 aliphatic heterocycles. The van der Waals surface area contributed by atoms with Crippen molar-refractivity contribution in [1.29, 1.82) is 0 Å². The Morgan fingerprint density at radius 3 is 2.09 bits per heavy atom. The Morgan fingerprint density at radius 2 is 1.57 bits per heavy atom. The van der Waals surface area contributed by atoms with Crippen molar-refractivity contribution < 1.29 is 19.1 Å². The average Bonchev–Trinajstić information content (AvgIpc) is 3.46. The van der Waals surface area contributed by atoms with Crippen LogP contribution in [0.1, 0.15) is 84.9 Å². The zero-order chi connectivity index (χ0) is 25.4. The Morgan fingerprint density at radius 1 is 1.00 bits per heavy atom. The van der Waals surface area contributed by atoms with E-state index >= 15 is 0 Å². The largest absolute Gasteiger partial charge is 0.443 e. The van der Waals surface area contributed by atoms with Gasteiger partial charge in [-0.25, -0.2) is 14.5 Å². The van der Waals surface area contributed by atoms with Crippen molar-refractivity contribution in [3.63, 3.8) is 0 Å². The van der Waals surface area contributed by atoms with E-state index in [1.807, 2.05) is 18.2 Å². The number of carbonyl (C=O) groups is 2. The normalized spacial score (nSPS) is 20.1. The molecule has 35 heavy (non-hydrogen) atoms. The number of amides is 2. The van der Waals surface area contributed by atoms with Crippen molar-refractivity contribution in [2.24, 2.45) is 5.92 Å². The fraction of sp³-hybridized carbons (Fsp3) is 0.593. The molecule has 1 heterocycles. The number of aromatic nitrogens is 2. The van der Waals surface area contributed by atoms with E-state index in [1.165, 1.54) is 12.8 Å². The highest BCUT2D eigenvalue weighted by atomic mass is 16.6. The first-order chi connectivity index (χ1) is 16.4. The first-order valence-corrected chi connectivity index (χ1v) is 12.5. The van der Waals surface area contributed by atoms with Crippen LogP contribution in [0, 0.1) is 5.92 Å². The first kappa shape index (κ1) is 25.1. The molecule has 1 aromatic heterocycles. The van der Waals surface area contributed by atoms with E-state index in [4.69, 9.17) is 14.6 Å². The van der Waals surface area contributed by atoms with Gasteiger partial charge in [-0.05, 0) is 85.3 Å². The fourth-order valence-electron chi connectivity index (χ4n) is 4.21. The van der Waals surface area contributed by atoms with E-state index in [9.17, 15) is 9.59 Å². The predicted molar refractivity (Wildman–Crippen MR) is 135 cm³/mol. The van der Waals surface area contributed by atoms with Crippen molar-refractivity contribution in [2.45, 2.75) is 90.4 Å². The van der Waals surface area contributed by atoms with Gasteiger partial charge in [-0.2, -0.15) is 5.10 Å². The summed E-state index contributed by atoms with van der Waals surface area (Å²) in [5.74, 6) is 0.687. The van der Waals surface area contributed by atoms with Crippen LogP contribution in [0.25, 0.3) is 0 Å². The second-order valence-electron chi connectivity index (χ2n) is 11.7. The SMILES string of the molecule is CC(C)(C)OC(=O)N(C[C@H]1C[C@H](n2cc(Nc3ccccc3)c(C3CC3)n2)C1)C(=O)OC(C)(C)C. The highest BCUT2D eigenvalue weighted by Crippen LogP contribution is 2.45. The molecule has 0 spiro atoms. The van der Waals surface area contributed by atoms with Gasteiger partial charge in [0.25, 0.3) is 0 Å². The maximum absolute atomic E-state index is 12.8. The molecule has 1 N–H and O–H groups in total. The van der Waals surface area contributed by atoms with Crippen molar-refractivity contribution in [3.8, 4) is 0 Å². The smallest absolute Gasteiger partial charge is 0.419 e. The van der Waals surface area contributed by atoms with Gasteiger partial charge in [-0.3, -0.25) is 4.68 Å². The maximum Gasteiger partial charge on any atom is 0.419 e. The quantitative estimate of drug-likeness (QED) is 0.497. The lowest BCUT2D eigenvalue weighted by Crippen LogP contribution is -2.47. The maximum atomic E-state index is 12.8. The number of ether oxygens (including phenoxy) is 2. The van der Waals surface area contributed by atoms with Gasteiger partial charge in [0, 0.05) is 24.3 Å². The van der Waals surface area contributed by atoms with Crippen LogP contribution in [0.3, 0.4) is 0 Å². The lowest BCUT2D eigenvalue weighted by molar-refractivity contribution is -0.00641. The van der Waals surface area contributed by atoms with Crippen LogP contribution in [0.4, 0.5) is 21.0 Å². The molecule has 4 rings (SSSR count). The molecule has 2 saturated carbocycles. The predicted octanol–water partition coefficient (Wildman–Crippen LogP) is 6.63. The van der Waals surface area contributed by atoms with Gasteiger partial charge in [0.2, 0.25) is 0 Å². The zero-order valence-corrected chi connectivity index (χ0v) is 21.7. The number of nitrogens with one attached hydrogen (secondary N) is 1. The lowest BCUT2D eigenvalue weighted by atomic mass is 9.80. The lowest BCUT2D eigenvalue weighted by Gasteiger charge is -2.38. The van der Waals surface area contributed by atoms with E-state index in [-0.39, 0.29) is 18.5 Å². The van der Waals surface area contributed by atoms with E-state index in [0.29, 0.717) is 5.92 Å². The van der Waals surface area contributed by atoms with Crippen LogP contribution < -0.4 is 5.32 Å². The Bertz CT molecular complexity index is 1010.